The number of likely N-dealkylation sites (tertiary alicyclic amines) is 1. The second kappa shape index (κ2) is 8.12. The van der Waals surface area contributed by atoms with Gasteiger partial charge in [0.2, 0.25) is 5.91 Å². The monoisotopic (exact) mass is 448 g/mol. The molecule has 0 bridgehead atoms. The van der Waals surface area contributed by atoms with E-state index >= 15 is 0 Å². The highest BCUT2D eigenvalue weighted by atomic mass is 19.4. The van der Waals surface area contributed by atoms with Crippen molar-refractivity contribution in [2.75, 3.05) is 18.4 Å². The molecule has 1 saturated heterocycles. The lowest BCUT2D eigenvalue weighted by molar-refractivity contribution is -0.175. The zero-order valence-corrected chi connectivity index (χ0v) is 19.0. The maximum Gasteiger partial charge on any atom is 0.410 e. The zero-order chi connectivity index (χ0) is 23.3. The number of amides is 1. The highest BCUT2D eigenvalue weighted by Crippen LogP contribution is 2.44. The van der Waals surface area contributed by atoms with Crippen LogP contribution in [0.25, 0.3) is 0 Å². The number of halogens is 3. The normalized spacial score (nSPS) is 23.7. The van der Waals surface area contributed by atoms with Gasteiger partial charge in [-0.2, -0.15) is 18.3 Å². The van der Waals surface area contributed by atoms with Crippen molar-refractivity contribution in [1.29, 1.82) is 0 Å². The van der Waals surface area contributed by atoms with Crippen LogP contribution in [0.2, 0.25) is 0 Å². The first-order chi connectivity index (χ1) is 14.9. The van der Waals surface area contributed by atoms with Gasteiger partial charge in [-0.15, -0.1) is 0 Å². The first-order valence-corrected chi connectivity index (χ1v) is 11.2. The van der Waals surface area contributed by atoms with E-state index in [4.69, 9.17) is 0 Å². The number of aryl methyl sites for hydroxylation is 1. The van der Waals surface area contributed by atoms with Crippen LogP contribution in [-0.2, 0) is 11.2 Å². The van der Waals surface area contributed by atoms with Crippen molar-refractivity contribution < 1.29 is 18.0 Å². The summed E-state index contributed by atoms with van der Waals surface area (Å²) >= 11 is 0. The van der Waals surface area contributed by atoms with Gasteiger partial charge in [0, 0.05) is 31.1 Å². The second-order valence-corrected chi connectivity index (χ2v) is 10.2. The molecule has 0 aliphatic carbocycles. The summed E-state index contributed by atoms with van der Waals surface area (Å²) in [5, 5.41) is 7.65. The topological polar surface area (TPSA) is 50.2 Å². The molecule has 4 rings (SSSR count). The van der Waals surface area contributed by atoms with Crippen molar-refractivity contribution in [3.05, 3.63) is 47.2 Å². The number of fused-ring (bicyclic) bond motifs is 1. The molecule has 2 aliphatic heterocycles. The number of aromatic nitrogens is 2. The first-order valence-electron chi connectivity index (χ1n) is 11.2. The van der Waals surface area contributed by atoms with Gasteiger partial charge in [-0.05, 0) is 30.7 Å². The molecule has 174 valence electrons. The highest BCUT2D eigenvalue weighted by molar-refractivity contribution is 5.79. The van der Waals surface area contributed by atoms with E-state index in [1.54, 1.807) is 11.0 Å². The molecule has 0 saturated carbocycles. The molecule has 1 N–H and O–H groups in total. The molecule has 3 atom stereocenters. The van der Waals surface area contributed by atoms with Crippen LogP contribution in [0.3, 0.4) is 0 Å². The Morgan fingerprint density at radius 1 is 1.19 bits per heavy atom. The number of anilines is 1. The Labute approximate surface area is 187 Å². The zero-order valence-electron chi connectivity index (χ0n) is 19.0. The quantitative estimate of drug-likeness (QED) is 0.712. The summed E-state index contributed by atoms with van der Waals surface area (Å²) in [6.45, 7) is 8.92. The van der Waals surface area contributed by atoms with Crippen molar-refractivity contribution in [2.24, 2.45) is 5.41 Å². The van der Waals surface area contributed by atoms with Crippen LogP contribution >= 0.6 is 0 Å². The Morgan fingerprint density at radius 3 is 2.50 bits per heavy atom. The molecule has 1 aromatic heterocycles. The van der Waals surface area contributed by atoms with E-state index in [0.29, 0.717) is 37.4 Å². The molecule has 3 heterocycles. The van der Waals surface area contributed by atoms with Crippen molar-refractivity contribution in [3.8, 4) is 0 Å². The number of alkyl halides is 3. The lowest BCUT2D eigenvalue weighted by Gasteiger charge is -2.39. The average Bonchev–Trinajstić information content (AvgIpc) is 3.34. The number of carbonyl (C=O) groups excluding carboxylic acids is 1. The van der Waals surface area contributed by atoms with Gasteiger partial charge in [0.25, 0.3) is 0 Å². The van der Waals surface area contributed by atoms with Crippen LogP contribution in [0.4, 0.5) is 19.0 Å². The third-order valence-electron chi connectivity index (χ3n) is 6.69. The summed E-state index contributed by atoms with van der Waals surface area (Å²) in [7, 11) is 0. The van der Waals surface area contributed by atoms with Gasteiger partial charge in [-0.3, -0.25) is 4.79 Å². The Hall–Kier alpha value is -2.51. The molecule has 32 heavy (non-hydrogen) atoms. The summed E-state index contributed by atoms with van der Waals surface area (Å²) in [5.41, 5.74) is 2.42. The number of benzene rings is 1. The molecule has 2 aliphatic rings. The van der Waals surface area contributed by atoms with E-state index in [-0.39, 0.29) is 29.7 Å². The van der Waals surface area contributed by atoms with Gasteiger partial charge in [0.15, 0.2) is 6.04 Å². The minimum atomic E-state index is -4.37. The van der Waals surface area contributed by atoms with Crippen LogP contribution in [0.15, 0.2) is 30.3 Å². The van der Waals surface area contributed by atoms with Gasteiger partial charge in [-0.25, -0.2) is 4.68 Å². The van der Waals surface area contributed by atoms with E-state index < -0.39 is 12.2 Å². The van der Waals surface area contributed by atoms with E-state index in [1.165, 1.54) is 0 Å². The van der Waals surface area contributed by atoms with Gasteiger partial charge in [0.05, 0.1) is 12.1 Å². The maximum atomic E-state index is 13.8. The summed E-state index contributed by atoms with van der Waals surface area (Å²) in [5.74, 6) is 0.399. The maximum absolute atomic E-state index is 13.8. The van der Waals surface area contributed by atoms with Crippen molar-refractivity contribution in [2.45, 2.75) is 71.1 Å². The number of hydrogen-bond acceptors (Lipinski definition) is 3. The van der Waals surface area contributed by atoms with Gasteiger partial charge in [0.1, 0.15) is 5.82 Å². The minimum Gasteiger partial charge on any atom is -0.367 e. The second-order valence-electron chi connectivity index (χ2n) is 10.2. The number of rotatable bonds is 3. The third kappa shape index (κ3) is 4.64. The smallest absolute Gasteiger partial charge is 0.367 e. The summed E-state index contributed by atoms with van der Waals surface area (Å²) in [6, 6.07) is 7.69. The van der Waals surface area contributed by atoms with E-state index in [0.717, 1.165) is 15.8 Å². The lowest BCUT2D eigenvalue weighted by atomic mass is 9.82. The van der Waals surface area contributed by atoms with E-state index in [2.05, 4.69) is 10.4 Å². The molecule has 8 heteroatoms. The molecule has 0 spiro atoms. The molecule has 1 fully saturated rings. The molecular formula is C24H31F3N4O. The molecule has 0 unspecified atom stereocenters. The summed E-state index contributed by atoms with van der Waals surface area (Å²) < 4.78 is 42.6. The molecule has 5 nitrogen and oxygen atoms in total. The molecular weight excluding hydrogens is 417 g/mol. The van der Waals surface area contributed by atoms with Crippen molar-refractivity contribution >= 4 is 11.7 Å². The predicted octanol–water partition coefficient (Wildman–Crippen LogP) is 5.08. The Morgan fingerprint density at radius 2 is 1.88 bits per heavy atom. The molecule has 2 aromatic rings. The number of carbonyl (C=O) groups is 1. The first kappa shape index (κ1) is 22.7. The van der Waals surface area contributed by atoms with Crippen molar-refractivity contribution in [1.82, 2.24) is 14.7 Å². The number of nitrogens with zero attached hydrogens (tertiary/aromatic N) is 3. The van der Waals surface area contributed by atoms with Gasteiger partial charge >= 0.3 is 6.18 Å². The Kier molecular flexibility index (Phi) is 5.75. The molecule has 0 radical (unpaired) electrons. The van der Waals surface area contributed by atoms with Crippen LogP contribution < -0.4 is 5.32 Å². The Bertz CT molecular complexity index is 975. The van der Waals surface area contributed by atoms with Gasteiger partial charge < -0.3 is 10.2 Å². The fraction of sp³-hybridized carbons (Fsp3) is 0.583. The third-order valence-corrected chi connectivity index (χ3v) is 6.69. The lowest BCUT2D eigenvalue weighted by Crippen LogP contribution is -2.44. The van der Waals surface area contributed by atoms with Crippen LogP contribution in [0.1, 0.15) is 62.4 Å². The number of hydrogen-bond donors (Lipinski definition) is 1. The molecule has 1 aromatic carbocycles. The SMILES string of the molecule is Cc1ccc(CC(=O)N2CC[C@H](c3cc4n(n3)[C@H](C(F)(F)F)C[C@H](C(C)(C)C)N4)C2)cc1. The van der Waals surface area contributed by atoms with E-state index in [1.807, 2.05) is 52.0 Å². The highest BCUT2D eigenvalue weighted by Gasteiger charge is 2.48. The summed E-state index contributed by atoms with van der Waals surface area (Å²) in [6.07, 6.45) is -3.38. The standard InChI is InChI=1S/C24H31F3N4O/c1-15-5-7-16(8-6-15)11-22(32)30-10-9-17(14-30)18-12-21-28-19(23(2,3)4)13-20(24(25,26)27)31(21)29-18/h5-8,12,17,19-20,28H,9-11,13-14H2,1-4H3/t17-,19+,20-/m0/s1. The summed E-state index contributed by atoms with van der Waals surface area (Å²) in [4.78, 5) is 14.5. The minimum absolute atomic E-state index is 0.0411. The fourth-order valence-electron chi connectivity index (χ4n) is 4.58. The number of nitrogens with one attached hydrogen (secondary N) is 1. The van der Waals surface area contributed by atoms with Crippen LogP contribution in [0.5, 0.6) is 0 Å². The van der Waals surface area contributed by atoms with E-state index in [9.17, 15) is 18.0 Å². The largest absolute Gasteiger partial charge is 0.410 e. The molecule has 1 amide bonds. The van der Waals surface area contributed by atoms with Crippen LogP contribution in [-0.4, -0.2) is 45.9 Å². The fourth-order valence-corrected chi connectivity index (χ4v) is 4.58. The van der Waals surface area contributed by atoms with Crippen LogP contribution in [0, 0.1) is 12.3 Å². The Balaban J connectivity index is 1.49. The predicted molar refractivity (Wildman–Crippen MR) is 118 cm³/mol. The average molecular weight is 449 g/mol. The van der Waals surface area contributed by atoms with Crippen molar-refractivity contribution in [3.63, 3.8) is 0 Å². The van der Waals surface area contributed by atoms with Gasteiger partial charge in [-0.1, -0.05) is 50.6 Å².